The summed E-state index contributed by atoms with van der Waals surface area (Å²) < 4.78 is 30.9. The van der Waals surface area contributed by atoms with Crippen LogP contribution < -0.4 is 4.72 Å². The van der Waals surface area contributed by atoms with Gasteiger partial charge in [0.2, 0.25) is 15.9 Å². The Morgan fingerprint density at radius 3 is 2.84 bits per heavy atom. The molecule has 0 radical (unpaired) electrons. The maximum Gasteiger partial charge on any atom is 0.223 e. The number of aryl methyl sites for hydroxylation is 1. The molecule has 0 unspecified atom stereocenters. The van der Waals surface area contributed by atoms with E-state index in [0.717, 1.165) is 30.9 Å². The number of carbonyl (C=O) groups is 1. The first-order chi connectivity index (χ1) is 11.8. The molecule has 2 heterocycles. The summed E-state index contributed by atoms with van der Waals surface area (Å²) in [7, 11) is -3.18. The molecule has 6 nitrogen and oxygen atoms in total. The van der Waals surface area contributed by atoms with Crippen LogP contribution in [0.4, 0.5) is 0 Å². The minimum absolute atomic E-state index is 0.127. The fraction of sp³-hybridized carbons (Fsp3) is 0.722. The molecule has 1 N–H and O–H groups in total. The van der Waals surface area contributed by atoms with Crippen LogP contribution in [-0.4, -0.2) is 45.1 Å². The smallest absolute Gasteiger partial charge is 0.223 e. The number of nitrogens with zero attached hydrogens (tertiary/aromatic N) is 1. The zero-order valence-corrected chi connectivity index (χ0v) is 15.8. The van der Waals surface area contributed by atoms with Crippen molar-refractivity contribution in [1.29, 1.82) is 0 Å². The van der Waals surface area contributed by atoms with E-state index in [1.807, 2.05) is 17.0 Å². The van der Waals surface area contributed by atoms with Crippen LogP contribution in [-0.2, 0) is 21.2 Å². The molecular formula is C18H28N2O4S. The third kappa shape index (κ3) is 5.31. The molecule has 2 fully saturated rings. The minimum atomic E-state index is -3.18. The molecule has 3 atom stereocenters. The summed E-state index contributed by atoms with van der Waals surface area (Å²) >= 11 is 0. The van der Waals surface area contributed by atoms with Crippen molar-refractivity contribution in [1.82, 2.24) is 9.62 Å². The highest BCUT2D eigenvalue weighted by Crippen LogP contribution is 2.47. The Bertz CT molecular complexity index is 712. The van der Waals surface area contributed by atoms with E-state index in [-0.39, 0.29) is 11.8 Å². The topological polar surface area (TPSA) is 79.6 Å². The maximum atomic E-state index is 12.5. The van der Waals surface area contributed by atoms with Gasteiger partial charge in [0.05, 0.1) is 6.26 Å². The Hall–Kier alpha value is -1.34. The lowest BCUT2D eigenvalue weighted by Gasteiger charge is -2.32. The van der Waals surface area contributed by atoms with Gasteiger partial charge in [-0.1, -0.05) is 6.92 Å². The Balaban J connectivity index is 1.45. The number of sulfonamides is 1. The minimum Gasteiger partial charge on any atom is -0.466 e. The molecular weight excluding hydrogens is 340 g/mol. The monoisotopic (exact) mass is 368 g/mol. The zero-order chi connectivity index (χ0) is 18.0. The normalized spacial score (nSPS) is 26.6. The van der Waals surface area contributed by atoms with E-state index in [1.54, 1.807) is 0 Å². The summed E-state index contributed by atoms with van der Waals surface area (Å²) in [6.45, 7) is 4.02. The molecule has 1 saturated heterocycles. The Labute approximate surface area is 150 Å². The molecule has 140 valence electrons. The predicted octanol–water partition coefficient (Wildman–Crippen LogP) is 2.12. The van der Waals surface area contributed by atoms with Gasteiger partial charge in [0.25, 0.3) is 0 Å². The molecule has 1 aromatic rings. The number of hydrogen-bond donors (Lipinski definition) is 1. The van der Waals surface area contributed by atoms with Gasteiger partial charge in [-0.3, -0.25) is 4.79 Å². The first kappa shape index (κ1) is 18.5. The van der Waals surface area contributed by atoms with Crippen LogP contribution in [0.25, 0.3) is 0 Å². The molecule has 2 aliphatic rings. The lowest BCUT2D eigenvalue weighted by molar-refractivity contribution is -0.133. The molecule has 3 rings (SSSR count). The average molecular weight is 368 g/mol. The largest absolute Gasteiger partial charge is 0.466 e. The van der Waals surface area contributed by atoms with Crippen molar-refractivity contribution in [3.63, 3.8) is 0 Å². The van der Waals surface area contributed by atoms with Crippen LogP contribution in [0.3, 0.4) is 0 Å². The number of carbonyl (C=O) groups excluding carboxylic acids is 1. The second-order valence-electron chi connectivity index (χ2n) is 7.59. The Morgan fingerprint density at radius 2 is 2.16 bits per heavy atom. The van der Waals surface area contributed by atoms with E-state index in [9.17, 15) is 13.2 Å². The fourth-order valence-corrected chi connectivity index (χ4v) is 4.10. The summed E-state index contributed by atoms with van der Waals surface area (Å²) in [6.07, 6.45) is 5.31. The second-order valence-corrected chi connectivity index (χ2v) is 9.43. The van der Waals surface area contributed by atoms with Crippen LogP contribution >= 0.6 is 0 Å². The predicted molar refractivity (Wildman–Crippen MR) is 95.7 cm³/mol. The summed E-state index contributed by atoms with van der Waals surface area (Å²) in [5.41, 5.74) is 0. The standard InChI is InChI=1S/C18H28N2O4S/c1-13-10-16(13)17-7-5-15(24-17)6-8-18(21)20-9-3-4-14(12-20)11-19-25(2,22)23/h5,7,13-14,16,19H,3-4,6,8-12H2,1-2H3/t13-,14+,16+/m1/s1. The summed E-state index contributed by atoms with van der Waals surface area (Å²) in [5, 5.41) is 0. The van der Waals surface area contributed by atoms with Crippen LogP contribution in [0.1, 0.15) is 50.0 Å². The van der Waals surface area contributed by atoms with E-state index in [2.05, 4.69) is 11.6 Å². The van der Waals surface area contributed by atoms with Gasteiger partial charge in [0.15, 0.2) is 0 Å². The second kappa shape index (κ2) is 7.50. The van der Waals surface area contributed by atoms with Crippen molar-refractivity contribution in [3.8, 4) is 0 Å². The Morgan fingerprint density at radius 1 is 1.40 bits per heavy atom. The van der Waals surface area contributed by atoms with Gasteiger partial charge in [-0.2, -0.15) is 0 Å². The van der Waals surface area contributed by atoms with Gasteiger partial charge >= 0.3 is 0 Å². The van der Waals surface area contributed by atoms with E-state index < -0.39 is 10.0 Å². The third-order valence-corrected chi connectivity index (χ3v) is 5.94. The molecule has 1 amide bonds. The van der Waals surface area contributed by atoms with Gasteiger partial charge in [0.1, 0.15) is 11.5 Å². The van der Waals surface area contributed by atoms with Gasteiger partial charge < -0.3 is 9.32 Å². The van der Waals surface area contributed by atoms with Crippen molar-refractivity contribution >= 4 is 15.9 Å². The maximum absolute atomic E-state index is 12.5. The molecule has 1 saturated carbocycles. The van der Waals surface area contributed by atoms with Crippen molar-refractivity contribution in [2.75, 3.05) is 25.9 Å². The van der Waals surface area contributed by atoms with Crippen LogP contribution in [0.15, 0.2) is 16.5 Å². The molecule has 0 aromatic carbocycles. The molecule has 1 aliphatic carbocycles. The van der Waals surface area contributed by atoms with Crippen LogP contribution in [0.5, 0.6) is 0 Å². The summed E-state index contributed by atoms with van der Waals surface area (Å²) in [6, 6.07) is 4.03. The average Bonchev–Trinajstić information content (AvgIpc) is 3.11. The molecule has 25 heavy (non-hydrogen) atoms. The number of furan rings is 1. The van der Waals surface area contributed by atoms with E-state index in [1.165, 1.54) is 12.7 Å². The first-order valence-corrected chi connectivity index (χ1v) is 11.0. The summed E-state index contributed by atoms with van der Waals surface area (Å²) in [5.74, 6) is 3.54. The summed E-state index contributed by atoms with van der Waals surface area (Å²) in [4.78, 5) is 14.3. The molecule has 0 spiro atoms. The first-order valence-electron chi connectivity index (χ1n) is 9.13. The number of amides is 1. The molecule has 1 aliphatic heterocycles. The number of hydrogen-bond acceptors (Lipinski definition) is 4. The molecule has 0 bridgehead atoms. The van der Waals surface area contributed by atoms with E-state index >= 15 is 0 Å². The van der Waals surface area contributed by atoms with Crippen molar-refractivity contribution in [2.45, 2.75) is 44.9 Å². The van der Waals surface area contributed by atoms with Gasteiger partial charge in [-0.15, -0.1) is 0 Å². The number of likely N-dealkylation sites (tertiary alicyclic amines) is 1. The molecule has 7 heteroatoms. The van der Waals surface area contributed by atoms with Crippen LogP contribution in [0, 0.1) is 11.8 Å². The number of nitrogens with one attached hydrogen (secondary N) is 1. The highest BCUT2D eigenvalue weighted by Gasteiger charge is 2.36. The van der Waals surface area contributed by atoms with E-state index in [4.69, 9.17) is 4.42 Å². The SMILES string of the molecule is C[C@@H]1C[C@@H]1c1ccc(CCC(=O)N2CCC[C@@H](CNS(C)(=O)=O)C2)o1. The lowest BCUT2D eigenvalue weighted by Crippen LogP contribution is -2.43. The van der Waals surface area contributed by atoms with Crippen LogP contribution in [0.2, 0.25) is 0 Å². The van der Waals surface area contributed by atoms with Crippen molar-refractivity contribution < 1.29 is 17.6 Å². The lowest BCUT2D eigenvalue weighted by atomic mass is 9.98. The highest BCUT2D eigenvalue weighted by molar-refractivity contribution is 7.88. The number of piperidine rings is 1. The quantitative estimate of drug-likeness (QED) is 0.799. The van der Waals surface area contributed by atoms with E-state index in [0.29, 0.717) is 37.8 Å². The van der Waals surface area contributed by atoms with Gasteiger partial charge in [0, 0.05) is 38.4 Å². The fourth-order valence-electron chi connectivity index (χ4n) is 3.56. The van der Waals surface area contributed by atoms with Crippen molar-refractivity contribution in [2.24, 2.45) is 11.8 Å². The third-order valence-electron chi connectivity index (χ3n) is 5.25. The zero-order valence-electron chi connectivity index (χ0n) is 15.0. The van der Waals surface area contributed by atoms with Crippen molar-refractivity contribution in [3.05, 3.63) is 23.7 Å². The van der Waals surface area contributed by atoms with Gasteiger partial charge in [-0.25, -0.2) is 13.1 Å². The molecule has 1 aromatic heterocycles. The highest BCUT2D eigenvalue weighted by atomic mass is 32.2. The number of rotatable bonds is 7. The Kier molecular flexibility index (Phi) is 5.53. The van der Waals surface area contributed by atoms with Gasteiger partial charge in [-0.05, 0) is 43.2 Å².